The predicted octanol–water partition coefficient (Wildman–Crippen LogP) is 2.92. The summed E-state index contributed by atoms with van der Waals surface area (Å²) < 4.78 is 0. The van der Waals surface area contributed by atoms with E-state index in [1.54, 1.807) is 16.7 Å². The number of para-hydroxylation sites is 1. The summed E-state index contributed by atoms with van der Waals surface area (Å²) in [5.41, 5.74) is 0.882. The largest absolute Gasteiger partial charge is 0.341 e. The summed E-state index contributed by atoms with van der Waals surface area (Å²) in [5.74, 6) is 0.123. The molecule has 1 aromatic carbocycles. The smallest absolute Gasteiger partial charge is 0.242 e. The van der Waals surface area contributed by atoms with Crippen molar-refractivity contribution < 1.29 is 9.59 Å². The normalized spacial score (nSPS) is 22.2. The lowest BCUT2D eigenvalue weighted by atomic mass is 10.1. The van der Waals surface area contributed by atoms with E-state index in [1.807, 2.05) is 29.2 Å². The highest BCUT2D eigenvalue weighted by molar-refractivity contribution is 8.00. The molecule has 2 aliphatic heterocycles. The number of hydrogen-bond acceptors (Lipinski definition) is 3. The number of nitrogens with zero attached hydrogens (tertiary/aromatic N) is 2. The number of benzene rings is 1. The molecule has 118 valence electrons. The van der Waals surface area contributed by atoms with E-state index < -0.39 is 0 Å². The maximum absolute atomic E-state index is 12.5. The second-order valence-electron chi connectivity index (χ2n) is 6.02. The van der Waals surface area contributed by atoms with Crippen LogP contribution in [-0.2, 0) is 9.59 Å². The number of anilines is 1. The van der Waals surface area contributed by atoms with Gasteiger partial charge in [0.15, 0.2) is 0 Å². The van der Waals surface area contributed by atoms with Crippen LogP contribution in [0.25, 0.3) is 0 Å². The SMILES string of the molecule is CC1CC(=O)N(CC(=O)N2CCCCC2)c2ccccc2S1. The van der Waals surface area contributed by atoms with Crippen molar-refractivity contribution in [1.29, 1.82) is 0 Å². The first-order valence-electron chi connectivity index (χ1n) is 7.99. The van der Waals surface area contributed by atoms with Crippen LogP contribution < -0.4 is 4.90 Å². The van der Waals surface area contributed by atoms with Crippen LogP contribution in [0.5, 0.6) is 0 Å². The summed E-state index contributed by atoms with van der Waals surface area (Å²) >= 11 is 1.72. The first kappa shape index (κ1) is 15.4. The molecule has 1 unspecified atom stereocenters. The summed E-state index contributed by atoms with van der Waals surface area (Å²) in [6, 6.07) is 7.90. The van der Waals surface area contributed by atoms with Gasteiger partial charge in [0, 0.05) is 29.7 Å². The van der Waals surface area contributed by atoms with Gasteiger partial charge in [-0.2, -0.15) is 0 Å². The first-order chi connectivity index (χ1) is 10.6. The van der Waals surface area contributed by atoms with Gasteiger partial charge in [0.25, 0.3) is 0 Å². The number of fused-ring (bicyclic) bond motifs is 1. The maximum atomic E-state index is 12.5. The van der Waals surface area contributed by atoms with Crippen molar-refractivity contribution in [3.63, 3.8) is 0 Å². The molecule has 0 spiro atoms. The Morgan fingerprint density at radius 2 is 1.95 bits per heavy atom. The zero-order valence-electron chi connectivity index (χ0n) is 13.0. The van der Waals surface area contributed by atoms with E-state index >= 15 is 0 Å². The number of likely N-dealkylation sites (tertiary alicyclic amines) is 1. The minimum Gasteiger partial charge on any atom is -0.341 e. The standard InChI is InChI=1S/C17H22N2O2S/c1-13-11-16(20)19(14-7-3-4-8-15(14)22-13)12-17(21)18-9-5-2-6-10-18/h3-4,7-8,13H,2,5-6,9-12H2,1H3. The van der Waals surface area contributed by atoms with Crippen LogP contribution in [0.4, 0.5) is 5.69 Å². The molecule has 2 amide bonds. The Labute approximate surface area is 135 Å². The third-order valence-electron chi connectivity index (χ3n) is 4.25. The van der Waals surface area contributed by atoms with E-state index in [2.05, 4.69) is 6.92 Å². The molecule has 1 fully saturated rings. The minimum absolute atomic E-state index is 0.0512. The average molecular weight is 318 g/mol. The van der Waals surface area contributed by atoms with Gasteiger partial charge in [-0.15, -0.1) is 11.8 Å². The molecule has 0 aromatic heterocycles. The summed E-state index contributed by atoms with van der Waals surface area (Å²) in [7, 11) is 0. The zero-order valence-corrected chi connectivity index (χ0v) is 13.8. The van der Waals surface area contributed by atoms with Crippen LogP contribution >= 0.6 is 11.8 Å². The number of carbonyl (C=O) groups is 2. The van der Waals surface area contributed by atoms with E-state index in [9.17, 15) is 9.59 Å². The molecule has 0 saturated carbocycles. The van der Waals surface area contributed by atoms with E-state index in [0.717, 1.165) is 36.5 Å². The molecule has 0 bridgehead atoms. The molecule has 2 aliphatic rings. The van der Waals surface area contributed by atoms with Crippen molar-refractivity contribution in [3.8, 4) is 0 Å². The maximum Gasteiger partial charge on any atom is 0.242 e. The number of hydrogen-bond donors (Lipinski definition) is 0. The lowest BCUT2D eigenvalue weighted by molar-refractivity contribution is -0.132. The Balaban J connectivity index is 1.81. The predicted molar refractivity (Wildman–Crippen MR) is 89.2 cm³/mol. The Morgan fingerprint density at radius 3 is 2.73 bits per heavy atom. The topological polar surface area (TPSA) is 40.6 Å². The van der Waals surface area contributed by atoms with Crippen molar-refractivity contribution in [1.82, 2.24) is 4.90 Å². The molecule has 4 nitrogen and oxygen atoms in total. The molecular weight excluding hydrogens is 296 g/mol. The van der Waals surface area contributed by atoms with Crippen LogP contribution in [-0.4, -0.2) is 41.6 Å². The Morgan fingerprint density at radius 1 is 1.23 bits per heavy atom. The minimum atomic E-state index is 0.0512. The third-order valence-corrected chi connectivity index (χ3v) is 5.42. The van der Waals surface area contributed by atoms with Crippen molar-refractivity contribution in [2.45, 2.75) is 42.8 Å². The fourth-order valence-electron chi connectivity index (χ4n) is 3.08. The molecule has 3 rings (SSSR count). The first-order valence-corrected chi connectivity index (χ1v) is 8.87. The third kappa shape index (κ3) is 3.29. The number of amides is 2. The highest BCUT2D eigenvalue weighted by Gasteiger charge is 2.29. The monoisotopic (exact) mass is 318 g/mol. The molecular formula is C17H22N2O2S. The van der Waals surface area contributed by atoms with Gasteiger partial charge < -0.3 is 9.80 Å². The van der Waals surface area contributed by atoms with E-state index in [-0.39, 0.29) is 23.6 Å². The van der Waals surface area contributed by atoms with Crippen molar-refractivity contribution >= 4 is 29.3 Å². The molecule has 1 atom stereocenters. The Hall–Kier alpha value is -1.49. The van der Waals surface area contributed by atoms with Gasteiger partial charge in [-0.25, -0.2) is 0 Å². The molecule has 2 heterocycles. The molecule has 0 radical (unpaired) electrons. The average Bonchev–Trinajstić information content (AvgIpc) is 2.64. The van der Waals surface area contributed by atoms with Crippen LogP contribution in [0, 0.1) is 0 Å². The number of thioether (sulfide) groups is 1. The lowest BCUT2D eigenvalue weighted by Crippen LogP contribution is -2.45. The van der Waals surface area contributed by atoms with Crippen molar-refractivity contribution in [3.05, 3.63) is 24.3 Å². The van der Waals surface area contributed by atoms with E-state index in [0.29, 0.717) is 6.42 Å². The molecule has 22 heavy (non-hydrogen) atoms. The van der Waals surface area contributed by atoms with Gasteiger partial charge in [0.2, 0.25) is 11.8 Å². The van der Waals surface area contributed by atoms with Gasteiger partial charge in [-0.1, -0.05) is 19.1 Å². The molecule has 0 N–H and O–H groups in total. The van der Waals surface area contributed by atoms with Crippen LogP contribution in [0.15, 0.2) is 29.2 Å². The number of rotatable bonds is 2. The fourth-order valence-corrected chi connectivity index (χ4v) is 4.20. The molecule has 5 heteroatoms. The van der Waals surface area contributed by atoms with E-state index in [1.165, 1.54) is 6.42 Å². The molecule has 1 saturated heterocycles. The molecule has 0 aliphatic carbocycles. The van der Waals surface area contributed by atoms with Gasteiger partial charge >= 0.3 is 0 Å². The number of piperidine rings is 1. The van der Waals surface area contributed by atoms with Gasteiger partial charge in [0.05, 0.1) is 5.69 Å². The van der Waals surface area contributed by atoms with E-state index in [4.69, 9.17) is 0 Å². The molecule has 1 aromatic rings. The summed E-state index contributed by atoms with van der Waals surface area (Å²) in [5, 5.41) is 0.240. The zero-order chi connectivity index (χ0) is 15.5. The highest BCUT2D eigenvalue weighted by Crippen LogP contribution is 2.37. The van der Waals surface area contributed by atoms with Gasteiger partial charge in [0.1, 0.15) is 6.54 Å². The summed E-state index contributed by atoms with van der Waals surface area (Å²) in [4.78, 5) is 29.8. The van der Waals surface area contributed by atoms with Gasteiger partial charge in [-0.3, -0.25) is 9.59 Å². The van der Waals surface area contributed by atoms with Crippen LogP contribution in [0.2, 0.25) is 0 Å². The van der Waals surface area contributed by atoms with Crippen LogP contribution in [0.3, 0.4) is 0 Å². The highest BCUT2D eigenvalue weighted by atomic mass is 32.2. The van der Waals surface area contributed by atoms with Gasteiger partial charge in [-0.05, 0) is 31.4 Å². The lowest BCUT2D eigenvalue weighted by Gasteiger charge is -2.30. The second kappa shape index (κ2) is 6.73. The Bertz CT molecular complexity index is 570. The number of carbonyl (C=O) groups excluding carboxylic acids is 2. The van der Waals surface area contributed by atoms with Crippen molar-refractivity contribution in [2.24, 2.45) is 0 Å². The Kier molecular flexibility index (Phi) is 4.71. The summed E-state index contributed by atoms with van der Waals surface area (Å²) in [6.07, 6.45) is 3.82. The summed E-state index contributed by atoms with van der Waals surface area (Å²) in [6.45, 7) is 3.89. The fraction of sp³-hybridized carbons (Fsp3) is 0.529. The van der Waals surface area contributed by atoms with Crippen molar-refractivity contribution in [2.75, 3.05) is 24.5 Å². The second-order valence-corrected chi connectivity index (χ2v) is 7.50. The quantitative estimate of drug-likeness (QED) is 0.842. The van der Waals surface area contributed by atoms with Crippen LogP contribution in [0.1, 0.15) is 32.6 Å².